The van der Waals surface area contributed by atoms with Crippen LogP contribution in [0.4, 0.5) is 4.39 Å². The second-order valence-electron chi connectivity index (χ2n) is 6.05. The van der Waals surface area contributed by atoms with Crippen LogP contribution in [0.2, 0.25) is 0 Å². The number of rotatable bonds is 3. The first-order valence-electron chi connectivity index (χ1n) is 6.74. The van der Waals surface area contributed by atoms with E-state index >= 15 is 0 Å². The summed E-state index contributed by atoms with van der Waals surface area (Å²) < 4.78 is 12.8. The van der Waals surface area contributed by atoms with Gasteiger partial charge in [-0.15, -0.1) is 0 Å². The van der Waals surface area contributed by atoms with Crippen LogP contribution in [0.25, 0.3) is 0 Å². The molecule has 0 saturated heterocycles. The largest absolute Gasteiger partial charge is 0.294 e. The molecule has 0 unspecified atom stereocenters. The molecule has 0 aromatic heterocycles. The first kappa shape index (κ1) is 14.4. The van der Waals surface area contributed by atoms with Gasteiger partial charge in [0, 0.05) is 12.0 Å². The molecule has 2 aromatic rings. The van der Waals surface area contributed by atoms with Gasteiger partial charge in [0.15, 0.2) is 5.78 Å². The van der Waals surface area contributed by atoms with Gasteiger partial charge >= 0.3 is 0 Å². The number of halogens is 1. The molecule has 2 heteroatoms. The lowest BCUT2D eigenvalue weighted by molar-refractivity contribution is 0.0993. The van der Waals surface area contributed by atoms with Crippen molar-refractivity contribution in [1.29, 1.82) is 0 Å². The minimum atomic E-state index is -0.323. The van der Waals surface area contributed by atoms with Crippen LogP contribution >= 0.6 is 0 Å². The lowest BCUT2D eigenvalue weighted by atomic mass is 9.86. The molecule has 2 rings (SSSR count). The highest BCUT2D eigenvalue weighted by Gasteiger charge is 2.13. The molecule has 0 aliphatic carbocycles. The molecule has 0 aliphatic rings. The molecule has 1 nitrogen and oxygen atoms in total. The van der Waals surface area contributed by atoms with Crippen LogP contribution in [-0.2, 0) is 11.8 Å². The highest BCUT2D eigenvalue weighted by atomic mass is 19.1. The van der Waals surface area contributed by atoms with Crippen LogP contribution in [0.5, 0.6) is 0 Å². The van der Waals surface area contributed by atoms with E-state index < -0.39 is 0 Å². The quantitative estimate of drug-likeness (QED) is 0.748. The zero-order chi connectivity index (χ0) is 14.8. The first-order chi connectivity index (χ1) is 9.36. The molecule has 104 valence electrons. The highest BCUT2D eigenvalue weighted by Crippen LogP contribution is 2.22. The SMILES string of the molecule is CC(C)(C)c1ccc(CC(=O)c2ccc(F)cc2)cc1. The summed E-state index contributed by atoms with van der Waals surface area (Å²) in [4.78, 5) is 12.1. The predicted octanol–water partition coefficient (Wildman–Crippen LogP) is 4.55. The number of carbonyl (C=O) groups excluding carboxylic acids is 1. The summed E-state index contributed by atoms with van der Waals surface area (Å²) in [6, 6.07) is 13.8. The van der Waals surface area contributed by atoms with Crippen molar-refractivity contribution in [2.45, 2.75) is 32.6 Å². The van der Waals surface area contributed by atoms with Crippen LogP contribution in [-0.4, -0.2) is 5.78 Å². The Morgan fingerprint density at radius 2 is 1.50 bits per heavy atom. The lowest BCUT2D eigenvalue weighted by Gasteiger charge is -2.19. The molecular formula is C18H19FO. The summed E-state index contributed by atoms with van der Waals surface area (Å²) >= 11 is 0. The van der Waals surface area contributed by atoms with Crippen molar-refractivity contribution in [1.82, 2.24) is 0 Å². The van der Waals surface area contributed by atoms with Gasteiger partial charge in [-0.05, 0) is 40.8 Å². The Hall–Kier alpha value is -1.96. The minimum absolute atomic E-state index is 0.00788. The molecule has 0 spiro atoms. The van der Waals surface area contributed by atoms with Gasteiger partial charge < -0.3 is 0 Å². The van der Waals surface area contributed by atoms with E-state index in [2.05, 4.69) is 32.9 Å². The fourth-order valence-corrected chi connectivity index (χ4v) is 2.05. The van der Waals surface area contributed by atoms with Gasteiger partial charge in [0.1, 0.15) is 5.82 Å². The molecule has 0 radical (unpaired) electrons. The molecular weight excluding hydrogens is 251 g/mol. The van der Waals surface area contributed by atoms with E-state index in [4.69, 9.17) is 0 Å². The molecule has 2 aromatic carbocycles. The summed E-state index contributed by atoms with van der Waals surface area (Å²) in [6.07, 6.45) is 0.343. The Balaban J connectivity index is 2.10. The zero-order valence-corrected chi connectivity index (χ0v) is 12.1. The van der Waals surface area contributed by atoms with E-state index in [1.807, 2.05) is 12.1 Å². The average Bonchev–Trinajstić information content (AvgIpc) is 2.39. The van der Waals surface area contributed by atoms with E-state index in [9.17, 15) is 9.18 Å². The van der Waals surface area contributed by atoms with Gasteiger partial charge in [0.05, 0.1) is 0 Å². The highest BCUT2D eigenvalue weighted by molar-refractivity contribution is 5.97. The van der Waals surface area contributed by atoms with Gasteiger partial charge in [-0.3, -0.25) is 4.79 Å². The number of benzene rings is 2. The van der Waals surface area contributed by atoms with E-state index in [0.29, 0.717) is 12.0 Å². The maximum atomic E-state index is 12.8. The van der Waals surface area contributed by atoms with Crippen LogP contribution in [0.3, 0.4) is 0 Å². The monoisotopic (exact) mass is 270 g/mol. The molecule has 0 saturated carbocycles. The summed E-state index contributed by atoms with van der Waals surface area (Å²) in [6.45, 7) is 6.48. The van der Waals surface area contributed by atoms with E-state index in [0.717, 1.165) is 5.56 Å². The van der Waals surface area contributed by atoms with E-state index in [-0.39, 0.29) is 17.0 Å². The van der Waals surface area contributed by atoms with Gasteiger partial charge in [0.25, 0.3) is 0 Å². The summed E-state index contributed by atoms with van der Waals surface area (Å²) in [5.74, 6) is -0.315. The molecule has 0 fully saturated rings. The number of carbonyl (C=O) groups is 1. The third-order valence-electron chi connectivity index (χ3n) is 3.35. The van der Waals surface area contributed by atoms with Crippen molar-refractivity contribution in [2.24, 2.45) is 0 Å². The Morgan fingerprint density at radius 3 is 2.00 bits per heavy atom. The van der Waals surface area contributed by atoms with Gasteiger partial charge in [-0.1, -0.05) is 45.0 Å². The lowest BCUT2D eigenvalue weighted by Crippen LogP contribution is -2.11. The normalized spacial score (nSPS) is 11.4. The standard InChI is InChI=1S/C18H19FO/c1-18(2,3)15-8-4-13(5-9-15)12-17(20)14-6-10-16(19)11-7-14/h4-11H,12H2,1-3H3. The number of ketones is 1. The van der Waals surface area contributed by atoms with Crippen molar-refractivity contribution < 1.29 is 9.18 Å². The third kappa shape index (κ3) is 3.53. The Labute approximate surface area is 119 Å². The molecule has 0 amide bonds. The minimum Gasteiger partial charge on any atom is -0.294 e. The summed E-state index contributed by atoms with van der Waals surface area (Å²) in [7, 11) is 0. The smallest absolute Gasteiger partial charge is 0.167 e. The van der Waals surface area contributed by atoms with E-state index in [1.54, 1.807) is 0 Å². The van der Waals surface area contributed by atoms with Crippen LogP contribution < -0.4 is 0 Å². The van der Waals surface area contributed by atoms with E-state index in [1.165, 1.54) is 29.8 Å². The van der Waals surface area contributed by atoms with Crippen LogP contribution in [0.1, 0.15) is 42.3 Å². The van der Waals surface area contributed by atoms with Crippen molar-refractivity contribution in [3.05, 3.63) is 71.0 Å². The molecule has 0 atom stereocenters. The Morgan fingerprint density at radius 1 is 0.950 bits per heavy atom. The summed E-state index contributed by atoms with van der Waals surface area (Å²) in [5, 5.41) is 0. The number of hydrogen-bond donors (Lipinski definition) is 0. The molecule has 0 heterocycles. The van der Waals surface area contributed by atoms with Gasteiger partial charge in [0.2, 0.25) is 0 Å². The first-order valence-corrected chi connectivity index (χ1v) is 6.74. The fourth-order valence-electron chi connectivity index (χ4n) is 2.05. The van der Waals surface area contributed by atoms with Gasteiger partial charge in [-0.25, -0.2) is 4.39 Å². The second kappa shape index (κ2) is 5.58. The van der Waals surface area contributed by atoms with Crippen molar-refractivity contribution in [3.63, 3.8) is 0 Å². The molecule has 0 bridgehead atoms. The van der Waals surface area contributed by atoms with Crippen LogP contribution in [0, 0.1) is 5.82 Å². The predicted molar refractivity (Wildman–Crippen MR) is 79.6 cm³/mol. The Bertz CT molecular complexity index is 589. The van der Waals surface area contributed by atoms with Crippen molar-refractivity contribution >= 4 is 5.78 Å². The molecule has 0 N–H and O–H groups in total. The van der Waals surface area contributed by atoms with Crippen molar-refractivity contribution in [3.8, 4) is 0 Å². The third-order valence-corrected chi connectivity index (χ3v) is 3.35. The molecule has 20 heavy (non-hydrogen) atoms. The van der Waals surface area contributed by atoms with Crippen LogP contribution in [0.15, 0.2) is 48.5 Å². The van der Waals surface area contributed by atoms with Crippen molar-refractivity contribution in [2.75, 3.05) is 0 Å². The maximum absolute atomic E-state index is 12.8. The second-order valence-corrected chi connectivity index (χ2v) is 6.05. The maximum Gasteiger partial charge on any atom is 0.167 e. The van der Waals surface area contributed by atoms with Gasteiger partial charge in [-0.2, -0.15) is 0 Å². The summed E-state index contributed by atoms with van der Waals surface area (Å²) in [5.41, 5.74) is 2.88. The zero-order valence-electron chi connectivity index (χ0n) is 12.1. The average molecular weight is 270 g/mol. The fraction of sp³-hybridized carbons (Fsp3) is 0.278. The number of Topliss-reactive ketones (excluding diaryl/α,β-unsaturated/α-hetero) is 1. The topological polar surface area (TPSA) is 17.1 Å². The Kier molecular flexibility index (Phi) is 4.03. The molecule has 0 aliphatic heterocycles. The number of hydrogen-bond acceptors (Lipinski definition) is 1.